The van der Waals surface area contributed by atoms with Crippen molar-refractivity contribution in [2.45, 2.75) is 44.3 Å². The van der Waals surface area contributed by atoms with Crippen LogP contribution in [0.25, 0.3) is 0 Å². The Bertz CT molecular complexity index is 800. The molecule has 4 rings (SSSR count). The van der Waals surface area contributed by atoms with Crippen LogP contribution in [0.5, 0.6) is 0 Å². The number of benzene rings is 2. The van der Waals surface area contributed by atoms with Gasteiger partial charge in [0.05, 0.1) is 0 Å². The van der Waals surface area contributed by atoms with Crippen molar-refractivity contribution in [3.63, 3.8) is 0 Å². The van der Waals surface area contributed by atoms with Crippen molar-refractivity contribution in [2.24, 2.45) is 0 Å². The summed E-state index contributed by atoms with van der Waals surface area (Å²) in [5, 5.41) is 6.48. The second-order valence-corrected chi connectivity index (χ2v) is 7.32. The van der Waals surface area contributed by atoms with Crippen LogP contribution in [-0.2, 0) is 16.1 Å². The molecule has 0 radical (unpaired) electrons. The first-order chi connectivity index (χ1) is 13.2. The molecule has 27 heavy (non-hydrogen) atoms. The molecule has 0 unspecified atom stereocenters. The van der Waals surface area contributed by atoms with E-state index in [0.29, 0.717) is 19.0 Å². The standard InChI is InChI=1S/C22H25N3O2/c26-20-7-4-14-25(20)19-12-8-16(9-13-19)15-23-21(17-5-2-1-3-6-17)22(27)24-18-10-11-18/h1-3,5-6,8-9,12-13,18,21,23H,4,7,10-11,14-15H2,(H,24,27)/t21-/m1/s1. The Morgan fingerprint density at radius 2 is 1.81 bits per heavy atom. The normalized spacial score (nSPS) is 17.8. The summed E-state index contributed by atoms with van der Waals surface area (Å²) in [5.41, 5.74) is 3.01. The second kappa shape index (κ2) is 7.92. The Labute approximate surface area is 159 Å². The zero-order valence-electron chi connectivity index (χ0n) is 15.4. The molecule has 0 aromatic heterocycles. The van der Waals surface area contributed by atoms with Crippen LogP contribution in [0.4, 0.5) is 5.69 Å². The highest BCUT2D eigenvalue weighted by Gasteiger charge is 2.28. The van der Waals surface area contributed by atoms with E-state index in [0.717, 1.165) is 42.6 Å². The first kappa shape index (κ1) is 17.7. The van der Waals surface area contributed by atoms with E-state index in [2.05, 4.69) is 10.6 Å². The minimum absolute atomic E-state index is 0.0305. The first-order valence-corrected chi connectivity index (χ1v) is 9.69. The third kappa shape index (κ3) is 4.37. The number of hydrogen-bond acceptors (Lipinski definition) is 3. The number of carbonyl (C=O) groups excluding carboxylic acids is 2. The van der Waals surface area contributed by atoms with Gasteiger partial charge >= 0.3 is 0 Å². The zero-order chi connectivity index (χ0) is 18.6. The van der Waals surface area contributed by atoms with Crippen molar-refractivity contribution >= 4 is 17.5 Å². The maximum atomic E-state index is 12.7. The average Bonchev–Trinajstić information content (AvgIpc) is 3.41. The van der Waals surface area contributed by atoms with Gasteiger partial charge in [0, 0.05) is 31.2 Å². The summed E-state index contributed by atoms with van der Waals surface area (Å²) in [6.45, 7) is 1.39. The van der Waals surface area contributed by atoms with Gasteiger partial charge in [0.2, 0.25) is 11.8 Å². The molecule has 2 fully saturated rings. The Hall–Kier alpha value is -2.66. The number of nitrogens with one attached hydrogen (secondary N) is 2. The summed E-state index contributed by atoms with van der Waals surface area (Å²) in [6.07, 6.45) is 3.71. The number of nitrogens with zero attached hydrogens (tertiary/aromatic N) is 1. The largest absolute Gasteiger partial charge is 0.352 e. The summed E-state index contributed by atoms with van der Waals surface area (Å²) in [4.78, 5) is 26.4. The Balaban J connectivity index is 1.42. The third-order valence-electron chi connectivity index (χ3n) is 5.15. The third-order valence-corrected chi connectivity index (χ3v) is 5.15. The topological polar surface area (TPSA) is 61.4 Å². The van der Waals surface area contributed by atoms with Gasteiger partial charge in [-0.3, -0.25) is 14.9 Å². The Morgan fingerprint density at radius 3 is 2.44 bits per heavy atom. The number of amides is 2. The van der Waals surface area contributed by atoms with Crippen LogP contribution < -0.4 is 15.5 Å². The van der Waals surface area contributed by atoms with Crippen molar-refractivity contribution in [2.75, 3.05) is 11.4 Å². The number of hydrogen-bond donors (Lipinski definition) is 2. The molecule has 1 saturated carbocycles. The smallest absolute Gasteiger partial charge is 0.241 e. The number of rotatable bonds is 7. The summed E-state index contributed by atoms with van der Waals surface area (Å²) in [7, 11) is 0. The quantitative estimate of drug-likeness (QED) is 0.795. The molecule has 0 bridgehead atoms. The van der Waals surface area contributed by atoms with Crippen LogP contribution in [0.3, 0.4) is 0 Å². The number of carbonyl (C=O) groups is 2. The van der Waals surface area contributed by atoms with Gasteiger partial charge in [-0.25, -0.2) is 0 Å². The Morgan fingerprint density at radius 1 is 1.07 bits per heavy atom. The van der Waals surface area contributed by atoms with Crippen molar-refractivity contribution in [3.05, 3.63) is 65.7 Å². The molecule has 140 valence electrons. The summed E-state index contributed by atoms with van der Waals surface area (Å²) >= 11 is 0. The maximum absolute atomic E-state index is 12.7. The van der Waals surface area contributed by atoms with Gasteiger partial charge in [-0.2, -0.15) is 0 Å². The van der Waals surface area contributed by atoms with E-state index in [4.69, 9.17) is 0 Å². The molecule has 2 aliphatic rings. The van der Waals surface area contributed by atoms with Crippen LogP contribution in [-0.4, -0.2) is 24.4 Å². The van der Waals surface area contributed by atoms with Gasteiger partial charge in [0.1, 0.15) is 6.04 Å². The van der Waals surface area contributed by atoms with E-state index in [1.54, 1.807) is 0 Å². The molecule has 0 spiro atoms. The SMILES string of the molecule is O=C(NC1CC1)[C@H](NCc1ccc(N2CCCC2=O)cc1)c1ccccc1. The zero-order valence-corrected chi connectivity index (χ0v) is 15.4. The van der Waals surface area contributed by atoms with Crippen molar-refractivity contribution in [1.82, 2.24) is 10.6 Å². The van der Waals surface area contributed by atoms with Crippen LogP contribution in [0.15, 0.2) is 54.6 Å². The lowest BCUT2D eigenvalue weighted by molar-refractivity contribution is -0.123. The van der Waals surface area contributed by atoms with Gasteiger partial charge in [-0.15, -0.1) is 0 Å². The molecular weight excluding hydrogens is 338 g/mol. The summed E-state index contributed by atoms with van der Waals surface area (Å²) in [6, 6.07) is 17.8. The Kier molecular flexibility index (Phi) is 5.21. The van der Waals surface area contributed by atoms with Gasteiger partial charge in [-0.1, -0.05) is 42.5 Å². The molecule has 2 aromatic carbocycles. The van der Waals surface area contributed by atoms with Crippen LogP contribution >= 0.6 is 0 Å². The van der Waals surface area contributed by atoms with E-state index < -0.39 is 0 Å². The highest BCUT2D eigenvalue weighted by atomic mass is 16.2. The van der Waals surface area contributed by atoms with Gasteiger partial charge in [-0.05, 0) is 42.5 Å². The number of anilines is 1. The molecular formula is C22H25N3O2. The lowest BCUT2D eigenvalue weighted by atomic mass is 10.1. The predicted molar refractivity (Wildman–Crippen MR) is 105 cm³/mol. The van der Waals surface area contributed by atoms with Crippen molar-refractivity contribution in [1.29, 1.82) is 0 Å². The first-order valence-electron chi connectivity index (χ1n) is 9.69. The molecule has 2 N–H and O–H groups in total. The van der Waals surface area contributed by atoms with Gasteiger partial charge in [0.25, 0.3) is 0 Å². The molecule has 2 aromatic rings. The van der Waals surface area contributed by atoms with Crippen LogP contribution in [0.2, 0.25) is 0 Å². The van der Waals surface area contributed by atoms with E-state index in [-0.39, 0.29) is 17.9 Å². The van der Waals surface area contributed by atoms with Crippen LogP contribution in [0, 0.1) is 0 Å². The second-order valence-electron chi connectivity index (χ2n) is 7.32. The van der Waals surface area contributed by atoms with Gasteiger partial charge < -0.3 is 10.2 Å². The summed E-state index contributed by atoms with van der Waals surface area (Å²) < 4.78 is 0. The monoisotopic (exact) mass is 363 g/mol. The lowest BCUT2D eigenvalue weighted by Crippen LogP contribution is -2.38. The van der Waals surface area contributed by atoms with E-state index >= 15 is 0 Å². The summed E-state index contributed by atoms with van der Waals surface area (Å²) in [5.74, 6) is 0.227. The molecule has 2 amide bonds. The molecule has 5 nitrogen and oxygen atoms in total. The fourth-order valence-corrected chi connectivity index (χ4v) is 3.45. The molecule has 1 atom stereocenters. The predicted octanol–water partition coefficient (Wildman–Crippen LogP) is 2.92. The maximum Gasteiger partial charge on any atom is 0.241 e. The minimum atomic E-state index is -0.369. The van der Waals surface area contributed by atoms with E-state index in [1.807, 2.05) is 59.5 Å². The van der Waals surface area contributed by atoms with Crippen molar-refractivity contribution < 1.29 is 9.59 Å². The highest BCUT2D eigenvalue weighted by molar-refractivity contribution is 5.95. The fourth-order valence-electron chi connectivity index (χ4n) is 3.45. The molecule has 1 aliphatic carbocycles. The molecule has 5 heteroatoms. The molecule has 1 aliphatic heterocycles. The molecule has 1 saturated heterocycles. The highest BCUT2D eigenvalue weighted by Crippen LogP contribution is 2.23. The lowest BCUT2D eigenvalue weighted by Gasteiger charge is -2.20. The fraction of sp³-hybridized carbons (Fsp3) is 0.364. The molecule has 1 heterocycles. The van der Waals surface area contributed by atoms with Crippen LogP contribution in [0.1, 0.15) is 42.9 Å². The van der Waals surface area contributed by atoms with Crippen molar-refractivity contribution in [3.8, 4) is 0 Å². The van der Waals surface area contributed by atoms with E-state index in [9.17, 15) is 9.59 Å². The van der Waals surface area contributed by atoms with Gasteiger partial charge in [0.15, 0.2) is 0 Å². The average molecular weight is 363 g/mol. The van der Waals surface area contributed by atoms with E-state index in [1.165, 1.54) is 0 Å². The minimum Gasteiger partial charge on any atom is -0.352 e.